The van der Waals surface area contributed by atoms with E-state index in [4.69, 9.17) is 17.7 Å². The lowest BCUT2D eigenvalue weighted by molar-refractivity contribution is -0.422. The summed E-state index contributed by atoms with van der Waals surface area (Å²) in [6, 6.07) is 29.1. The van der Waals surface area contributed by atoms with Crippen molar-refractivity contribution in [3.05, 3.63) is 102 Å². The van der Waals surface area contributed by atoms with Crippen LogP contribution in [0, 0.1) is 0 Å². The summed E-state index contributed by atoms with van der Waals surface area (Å²) in [7, 11) is -3.36. The first kappa shape index (κ1) is 19.7. The predicted octanol–water partition coefficient (Wildman–Crippen LogP) is 3.94. The molecular formula is C21H18FNO4S. The Morgan fingerprint density at radius 2 is 1.39 bits per heavy atom. The van der Waals surface area contributed by atoms with Crippen molar-refractivity contribution in [1.29, 1.82) is 0 Å². The Hall–Kier alpha value is -3.03. The van der Waals surface area contributed by atoms with Crippen LogP contribution >= 0.6 is 0 Å². The molecule has 1 aliphatic rings. The quantitative estimate of drug-likeness (QED) is 0.372. The van der Waals surface area contributed by atoms with Crippen LogP contribution in [0.15, 0.2) is 84.9 Å². The van der Waals surface area contributed by atoms with E-state index in [1.165, 1.54) is 16.8 Å². The summed E-state index contributed by atoms with van der Waals surface area (Å²) in [4.78, 5) is 0. The summed E-state index contributed by atoms with van der Waals surface area (Å²) in [6.07, 6.45) is -0.0844. The minimum absolute atomic E-state index is 0.0844. The highest BCUT2D eigenvalue weighted by molar-refractivity contribution is 7.80. The molecule has 1 unspecified atom stereocenters. The Balaban J connectivity index is 0.000000403. The van der Waals surface area contributed by atoms with Gasteiger partial charge < -0.3 is 9.29 Å². The zero-order valence-electron chi connectivity index (χ0n) is 15.0. The smallest absolute Gasteiger partial charge is 0.376 e. The number of rotatable bonds is 2. The first-order valence-electron chi connectivity index (χ1n) is 8.46. The number of benzene rings is 3. The van der Waals surface area contributed by atoms with Crippen LogP contribution in [0.3, 0.4) is 0 Å². The van der Waals surface area contributed by atoms with Crippen molar-refractivity contribution in [2.45, 2.75) is 6.10 Å². The summed E-state index contributed by atoms with van der Waals surface area (Å²) in [6.45, 7) is 0. The fraction of sp³-hybridized carbons (Fsp3) is 0.0952. The molecule has 28 heavy (non-hydrogen) atoms. The van der Waals surface area contributed by atoms with Crippen LogP contribution in [-0.4, -0.2) is 30.5 Å². The highest BCUT2D eigenvalue weighted by Gasteiger charge is 2.34. The Kier molecular flexibility index (Phi) is 5.87. The third-order valence-corrected chi connectivity index (χ3v) is 4.24. The zero-order chi connectivity index (χ0) is 20.1. The topological polar surface area (TPSA) is 69.4 Å². The lowest BCUT2D eigenvalue weighted by Crippen LogP contribution is -2.27. The maximum absolute atomic E-state index is 10.1. The van der Waals surface area contributed by atoms with Gasteiger partial charge in [0.25, 0.3) is 10.5 Å². The molecule has 0 aliphatic carbocycles. The van der Waals surface area contributed by atoms with E-state index in [-0.39, 0.29) is 6.10 Å². The van der Waals surface area contributed by atoms with Gasteiger partial charge in [0.15, 0.2) is 6.10 Å². The monoisotopic (exact) mass is 399 g/mol. The second kappa shape index (κ2) is 8.33. The molecule has 0 aromatic heterocycles. The van der Waals surface area contributed by atoms with Crippen LogP contribution in [-0.2, 0) is 15.2 Å². The molecule has 0 saturated carbocycles. The number of halogens is 1. The van der Waals surface area contributed by atoms with Crippen molar-refractivity contribution >= 4 is 22.1 Å². The van der Waals surface area contributed by atoms with Gasteiger partial charge in [-0.1, -0.05) is 60.7 Å². The van der Waals surface area contributed by atoms with Crippen molar-refractivity contribution in [2.24, 2.45) is 0 Å². The average Bonchev–Trinajstić information content (AvgIpc) is 2.69. The fourth-order valence-corrected chi connectivity index (χ4v) is 3.10. The molecule has 1 aliphatic heterocycles. The second-order valence-corrected chi connectivity index (χ2v) is 6.88. The average molecular weight is 399 g/mol. The number of ether oxygens (including phenoxy) is 1. The van der Waals surface area contributed by atoms with Crippen molar-refractivity contribution in [3.63, 3.8) is 0 Å². The molecule has 0 amide bonds. The van der Waals surface area contributed by atoms with E-state index in [0.717, 1.165) is 11.5 Å². The molecule has 7 heteroatoms. The largest absolute Gasteiger partial charge is 0.722 e. The van der Waals surface area contributed by atoms with E-state index in [1.54, 1.807) is 0 Å². The maximum atomic E-state index is 10.1. The van der Waals surface area contributed by atoms with Crippen LogP contribution in [0.25, 0.3) is 0 Å². The maximum Gasteiger partial charge on any atom is 0.376 e. The fourth-order valence-electron chi connectivity index (χ4n) is 3.10. The molecule has 3 aromatic rings. The van der Waals surface area contributed by atoms with Gasteiger partial charge in [-0.05, 0) is 23.8 Å². The Bertz CT molecular complexity index is 1080. The normalized spacial score (nSPS) is 15.8. The van der Waals surface area contributed by atoms with Gasteiger partial charge in [-0.3, -0.25) is 0 Å². The van der Waals surface area contributed by atoms with E-state index in [1.807, 2.05) is 24.3 Å². The Morgan fingerprint density at radius 3 is 2.00 bits per heavy atom. The Morgan fingerprint density at radius 1 is 0.893 bits per heavy atom. The summed E-state index contributed by atoms with van der Waals surface area (Å²) < 4.78 is 43.9. The van der Waals surface area contributed by atoms with E-state index in [9.17, 15) is 3.89 Å². The molecule has 1 atom stereocenters. The molecule has 0 fully saturated rings. The van der Waals surface area contributed by atoms with Crippen LogP contribution in [0.2, 0.25) is 0 Å². The SMILES string of the molecule is C[N+]1=C(c2ccccc2)OC(c2ccccc2)c2ccccc21.O=S(=O)([O-])F. The highest BCUT2D eigenvalue weighted by Crippen LogP contribution is 2.37. The number of para-hydroxylation sites is 1. The van der Waals surface area contributed by atoms with Gasteiger partial charge in [0, 0.05) is 6.07 Å². The predicted molar refractivity (Wildman–Crippen MR) is 103 cm³/mol. The molecule has 0 radical (unpaired) electrons. The molecule has 1 heterocycles. The first-order chi connectivity index (χ1) is 13.3. The van der Waals surface area contributed by atoms with Gasteiger partial charge in [0.1, 0.15) is 7.05 Å². The third kappa shape index (κ3) is 4.82. The van der Waals surface area contributed by atoms with Crippen LogP contribution in [0.4, 0.5) is 9.57 Å². The van der Waals surface area contributed by atoms with Gasteiger partial charge in [0.2, 0.25) is 5.69 Å². The number of hydrogen-bond donors (Lipinski definition) is 0. The zero-order valence-corrected chi connectivity index (χ0v) is 15.8. The number of hydrogen-bond acceptors (Lipinski definition) is 4. The summed E-state index contributed by atoms with van der Waals surface area (Å²) in [5.74, 6) is 0.887. The third-order valence-electron chi connectivity index (χ3n) is 4.24. The van der Waals surface area contributed by atoms with Crippen molar-refractivity contribution in [2.75, 3.05) is 7.05 Å². The van der Waals surface area contributed by atoms with Gasteiger partial charge in [0.05, 0.1) is 11.1 Å². The second-order valence-electron chi connectivity index (χ2n) is 6.09. The molecule has 0 bridgehead atoms. The lowest BCUT2D eigenvalue weighted by Gasteiger charge is -2.25. The molecule has 3 aromatic carbocycles. The molecule has 5 nitrogen and oxygen atoms in total. The summed E-state index contributed by atoms with van der Waals surface area (Å²) >= 11 is 0. The van der Waals surface area contributed by atoms with Gasteiger partial charge in [-0.15, -0.1) is 3.89 Å². The van der Waals surface area contributed by atoms with Crippen LogP contribution in [0.1, 0.15) is 22.8 Å². The van der Waals surface area contributed by atoms with Gasteiger partial charge in [-0.25, -0.2) is 8.42 Å². The number of nitrogens with zero attached hydrogens (tertiary/aromatic N) is 1. The molecule has 144 valence electrons. The summed E-state index contributed by atoms with van der Waals surface area (Å²) in [5, 5.41) is 0. The van der Waals surface area contributed by atoms with Gasteiger partial charge >= 0.3 is 5.90 Å². The molecule has 0 N–H and O–H groups in total. The Labute approximate surface area is 163 Å². The van der Waals surface area contributed by atoms with E-state index < -0.39 is 10.5 Å². The van der Waals surface area contributed by atoms with Crippen molar-refractivity contribution in [1.82, 2.24) is 0 Å². The summed E-state index contributed by atoms with van der Waals surface area (Å²) in [5.41, 5.74) is 4.64. The van der Waals surface area contributed by atoms with E-state index in [0.29, 0.717) is 0 Å². The van der Waals surface area contributed by atoms with Gasteiger partial charge in [-0.2, -0.15) is 4.58 Å². The molecule has 0 spiro atoms. The lowest BCUT2D eigenvalue weighted by atomic mass is 9.98. The minimum atomic E-state index is -5.42. The first-order valence-corrected chi connectivity index (χ1v) is 9.77. The minimum Gasteiger partial charge on any atom is -0.722 e. The molecular weight excluding hydrogens is 381 g/mol. The highest BCUT2D eigenvalue weighted by atomic mass is 32.3. The van der Waals surface area contributed by atoms with Crippen LogP contribution < -0.4 is 0 Å². The molecule has 0 saturated heterocycles. The van der Waals surface area contributed by atoms with E-state index in [2.05, 4.69) is 72.3 Å². The van der Waals surface area contributed by atoms with Crippen molar-refractivity contribution < 1.29 is 26.2 Å². The molecule has 4 rings (SSSR count). The van der Waals surface area contributed by atoms with Crippen molar-refractivity contribution in [3.8, 4) is 0 Å². The van der Waals surface area contributed by atoms with E-state index >= 15 is 0 Å². The standard InChI is InChI=1S/C21H18NO.FHO3S/c1-22-19-15-9-8-14-18(19)20(16-10-4-2-5-11-16)23-21(22)17-12-6-3-7-13-17;1-5(2,3)4/h2-15,20H,1H3;(H,2,3,4)/q+1;/p-1. The number of fused-ring (bicyclic) bond motifs is 1. The van der Waals surface area contributed by atoms with Crippen LogP contribution in [0.5, 0.6) is 0 Å².